The van der Waals surface area contributed by atoms with Crippen LogP contribution in [0.3, 0.4) is 0 Å². The first-order chi connectivity index (χ1) is 6.40. The maximum Gasteiger partial charge on any atom is 0.0825 e. The Labute approximate surface area is 78.7 Å². The summed E-state index contributed by atoms with van der Waals surface area (Å²) in [6.07, 6.45) is 2.64. The Hall–Kier alpha value is -0.860. The Bertz CT molecular complexity index is 279. The average Bonchev–Trinajstić information content (AvgIpc) is 2.71. The highest BCUT2D eigenvalue weighted by molar-refractivity contribution is 5.25. The molecule has 0 aliphatic carbocycles. The minimum atomic E-state index is 0.312. The summed E-state index contributed by atoms with van der Waals surface area (Å²) in [4.78, 5) is 0. The topological polar surface area (TPSA) is 35.2 Å². The lowest BCUT2D eigenvalue weighted by atomic mass is 10.0. The van der Waals surface area contributed by atoms with E-state index in [0.717, 1.165) is 13.0 Å². The van der Waals surface area contributed by atoms with Gasteiger partial charge in [0.15, 0.2) is 0 Å². The van der Waals surface area contributed by atoms with Crippen LogP contribution < -0.4 is 5.73 Å². The Morgan fingerprint density at radius 2 is 2.38 bits per heavy atom. The van der Waals surface area contributed by atoms with Gasteiger partial charge in [0.1, 0.15) is 0 Å². The third-order valence-corrected chi connectivity index (χ3v) is 2.49. The second-order valence-corrected chi connectivity index (χ2v) is 3.45. The van der Waals surface area contributed by atoms with E-state index in [1.54, 1.807) is 0 Å². The summed E-state index contributed by atoms with van der Waals surface area (Å²) in [7, 11) is 0. The van der Waals surface area contributed by atoms with E-state index in [9.17, 15) is 0 Å². The molecule has 1 aromatic rings. The van der Waals surface area contributed by atoms with Crippen molar-refractivity contribution in [1.82, 2.24) is 0 Å². The number of hydrogen-bond acceptors (Lipinski definition) is 2. The first-order valence-corrected chi connectivity index (χ1v) is 4.80. The molecule has 0 saturated carbocycles. The van der Waals surface area contributed by atoms with Gasteiger partial charge in [-0.1, -0.05) is 24.3 Å². The van der Waals surface area contributed by atoms with Gasteiger partial charge in [-0.3, -0.25) is 0 Å². The predicted octanol–water partition coefficient (Wildman–Crippen LogP) is 2.00. The zero-order chi connectivity index (χ0) is 9.10. The molecule has 1 saturated heterocycles. The molecule has 70 valence electrons. The van der Waals surface area contributed by atoms with E-state index in [1.807, 2.05) is 0 Å². The molecule has 0 aromatic heterocycles. The van der Waals surface area contributed by atoms with E-state index >= 15 is 0 Å². The van der Waals surface area contributed by atoms with Crippen LogP contribution in [0.15, 0.2) is 24.3 Å². The van der Waals surface area contributed by atoms with Crippen LogP contribution in [0, 0.1) is 0 Å². The minimum absolute atomic E-state index is 0.312. The molecule has 0 amide bonds. The molecule has 0 radical (unpaired) electrons. The molecule has 1 aromatic carbocycles. The third kappa shape index (κ3) is 1.90. The summed E-state index contributed by atoms with van der Waals surface area (Å²) in [6.45, 7) is 1.51. The van der Waals surface area contributed by atoms with E-state index in [2.05, 4.69) is 24.3 Å². The van der Waals surface area contributed by atoms with Crippen molar-refractivity contribution in [3.8, 4) is 0 Å². The van der Waals surface area contributed by atoms with Gasteiger partial charge in [-0.2, -0.15) is 0 Å². The zero-order valence-electron chi connectivity index (χ0n) is 7.70. The summed E-state index contributed by atoms with van der Waals surface area (Å²) in [5.74, 6) is 0. The molecule has 2 heteroatoms. The molecule has 0 unspecified atom stereocenters. The third-order valence-electron chi connectivity index (χ3n) is 2.49. The smallest absolute Gasteiger partial charge is 0.0825 e. The first-order valence-electron chi connectivity index (χ1n) is 4.80. The van der Waals surface area contributed by atoms with Gasteiger partial charge in [-0.05, 0) is 24.0 Å². The van der Waals surface area contributed by atoms with Crippen molar-refractivity contribution in [2.45, 2.75) is 25.5 Å². The van der Waals surface area contributed by atoms with Crippen LogP contribution >= 0.6 is 0 Å². The van der Waals surface area contributed by atoms with Gasteiger partial charge < -0.3 is 10.5 Å². The Morgan fingerprint density at radius 1 is 1.46 bits per heavy atom. The normalized spacial score (nSPS) is 22.1. The SMILES string of the molecule is NCc1cccc([C@@H]2CCCO2)c1. The molecule has 2 nitrogen and oxygen atoms in total. The van der Waals surface area contributed by atoms with E-state index < -0.39 is 0 Å². The Kier molecular flexibility index (Phi) is 2.62. The van der Waals surface area contributed by atoms with Crippen LogP contribution in [0.25, 0.3) is 0 Å². The largest absolute Gasteiger partial charge is 0.374 e. The van der Waals surface area contributed by atoms with E-state index in [1.165, 1.54) is 17.5 Å². The summed E-state index contributed by atoms with van der Waals surface area (Å²) < 4.78 is 5.60. The van der Waals surface area contributed by atoms with Gasteiger partial charge in [0.25, 0.3) is 0 Å². The van der Waals surface area contributed by atoms with Crippen molar-refractivity contribution < 1.29 is 4.74 Å². The summed E-state index contributed by atoms with van der Waals surface area (Å²) in [6, 6.07) is 8.38. The van der Waals surface area contributed by atoms with Crippen molar-refractivity contribution >= 4 is 0 Å². The highest BCUT2D eigenvalue weighted by Gasteiger charge is 2.17. The first kappa shape index (κ1) is 8.73. The Balaban J connectivity index is 2.18. The van der Waals surface area contributed by atoms with Crippen LogP contribution in [0.2, 0.25) is 0 Å². The van der Waals surface area contributed by atoms with Gasteiger partial charge in [-0.15, -0.1) is 0 Å². The molecule has 2 rings (SSSR count). The van der Waals surface area contributed by atoms with Gasteiger partial charge >= 0.3 is 0 Å². The maximum absolute atomic E-state index is 5.60. The molecular weight excluding hydrogens is 162 g/mol. The lowest BCUT2D eigenvalue weighted by molar-refractivity contribution is 0.112. The van der Waals surface area contributed by atoms with Gasteiger partial charge in [0.2, 0.25) is 0 Å². The highest BCUT2D eigenvalue weighted by atomic mass is 16.5. The van der Waals surface area contributed by atoms with E-state index in [0.29, 0.717) is 12.6 Å². The van der Waals surface area contributed by atoms with Crippen molar-refractivity contribution in [3.05, 3.63) is 35.4 Å². The molecule has 1 atom stereocenters. The monoisotopic (exact) mass is 177 g/mol. The number of rotatable bonds is 2. The van der Waals surface area contributed by atoms with E-state index in [4.69, 9.17) is 10.5 Å². The molecule has 2 N–H and O–H groups in total. The van der Waals surface area contributed by atoms with Crippen LogP contribution in [0.1, 0.15) is 30.1 Å². The quantitative estimate of drug-likeness (QED) is 0.749. The van der Waals surface area contributed by atoms with Crippen LogP contribution in [-0.2, 0) is 11.3 Å². The van der Waals surface area contributed by atoms with Gasteiger partial charge in [0, 0.05) is 13.2 Å². The molecule has 1 aliphatic rings. The second-order valence-electron chi connectivity index (χ2n) is 3.45. The fourth-order valence-electron chi connectivity index (χ4n) is 1.76. The fraction of sp³-hybridized carbons (Fsp3) is 0.455. The summed E-state index contributed by atoms with van der Waals surface area (Å²) >= 11 is 0. The predicted molar refractivity (Wildman–Crippen MR) is 52.3 cm³/mol. The van der Waals surface area contributed by atoms with Gasteiger partial charge in [-0.25, -0.2) is 0 Å². The lowest BCUT2D eigenvalue weighted by Crippen LogP contribution is -2.00. The molecule has 1 heterocycles. The average molecular weight is 177 g/mol. The molecule has 0 spiro atoms. The molecule has 1 fully saturated rings. The number of hydrogen-bond donors (Lipinski definition) is 1. The fourth-order valence-corrected chi connectivity index (χ4v) is 1.76. The van der Waals surface area contributed by atoms with Crippen LogP contribution in [0.4, 0.5) is 0 Å². The lowest BCUT2D eigenvalue weighted by Gasteiger charge is -2.10. The highest BCUT2D eigenvalue weighted by Crippen LogP contribution is 2.28. The standard InChI is InChI=1S/C11H15NO/c12-8-9-3-1-4-10(7-9)11-5-2-6-13-11/h1,3-4,7,11H,2,5-6,8,12H2/t11-/m0/s1. The Morgan fingerprint density at radius 3 is 3.08 bits per heavy atom. The second kappa shape index (κ2) is 3.90. The zero-order valence-corrected chi connectivity index (χ0v) is 7.70. The maximum atomic E-state index is 5.60. The summed E-state index contributed by atoms with van der Waals surface area (Å²) in [5.41, 5.74) is 8.04. The van der Waals surface area contributed by atoms with Crippen molar-refractivity contribution in [2.75, 3.05) is 6.61 Å². The molecule has 13 heavy (non-hydrogen) atoms. The summed E-state index contributed by atoms with van der Waals surface area (Å²) in [5, 5.41) is 0. The van der Waals surface area contributed by atoms with Crippen LogP contribution in [0.5, 0.6) is 0 Å². The van der Waals surface area contributed by atoms with Crippen molar-refractivity contribution in [1.29, 1.82) is 0 Å². The molecule has 0 bridgehead atoms. The molecule has 1 aliphatic heterocycles. The van der Waals surface area contributed by atoms with Crippen molar-refractivity contribution in [2.24, 2.45) is 5.73 Å². The molecular formula is C11H15NO. The number of benzene rings is 1. The van der Waals surface area contributed by atoms with Crippen molar-refractivity contribution in [3.63, 3.8) is 0 Å². The minimum Gasteiger partial charge on any atom is -0.374 e. The van der Waals surface area contributed by atoms with E-state index in [-0.39, 0.29) is 0 Å². The number of nitrogens with two attached hydrogens (primary N) is 1. The number of ether oxygens (including phenoxy) is 1. The van der Waals surface area contributed by atoms with Crippen LogP contribution in [-0.4, -0.2) is 6.61 Å². The van der Waals surface area contributed by atoms with Gasteiger partial charge in [0.05, 0.1) is 6.10 Å².